The van der Waals surface area contributed by atoms with Gasteiger partial charge in [-0.15, -0.1) is 6.58 Å². The molecular formula is C25H27N3O3. The lowest BCUT2D eigenvalue weighted by Gasteiger charge is -2.63. The fourth-order valence-electron chi connectivity index (χ4n) is 6.58. The Morgan fingerprint density at radius 1 is 1.23 bits per heavy atom. The van der Waals surface area contributed by atoms with Crippen molar-refractivity contribution in [2.45, 2.75) is 48.8 Å². The number of aromatic hydroxyl groups is 1. The maximum atomic E-state index is 12.3. The van der Waals surface area contributed by atoms with Crippen LogP contribution in [0.1, 0.15) is 30.4 Å². The molecule has 6 rings (SSSR count). The number of para-hydroxylation sites is 1. The van der Waals surface area contributed by atoms with E-state index >= 15 is 0 Å². The van der Waals surface area contributed by atoms with Crippen LogP contribution in [0.25, 0.3) is 0 Å². The van der Waals surface area contributed by atoms with Crippen LogP contribution < -0.4 is 10.2 Å². The van der Waals surface area contributed by atoms with Gasteiger partial charge in [0.15, 0.2) is 17.6 Å². The summed E-state index contributed by atoms with van der Waals surface area (Å²) in [5.41, 5.74) is 5.62. The quantitative estimate of drug-likeness (QED) is 0.526. The summed E-state index contributed by atoms with van der Waals surface area (Å²) in [7, 11) is 0. The fraction of sp³-hybridized carbons (Fsp3) is 0.400. The molecule has 2 fully saturated rings. The molecule has 1 saturated heterocycles. The molecule has 0 radical (unpaired) electrons. The third kappa shape index (κ3) is 2.37. The Bertz CT molecular complexity index is 1080. The Hall–Kier alpha value is -2.83. The number of piperidine rings is 1. The SMILES string of the molecule is C=CCN1CC[C@]23c4c5ccc(O)c4O[C@H]2/C(=N\Nc2ccccc2)CC[C@@]3(O)[C@H]1C5. The third-order valence-corrected chi connectivity index (χ3v) is 7.85. The van der Waals surface area contributed by atoms with Crippen molar-refractivity contribution in [1.82, 2.24) is 4.90 Å². The van der Waals surface area contributed by atoms with E-state index in [1.807, 2.05) is 42.5 Å². The molecule has 2 heterocycles. The summed E-state index contributed by atoms with van der Waals surface area (Å²) in [5.74, 6) is 0.679. The Morgan fingerprint density at radius 2 is 2.06 bits per heavy atom. The van der Waals surface area contributed by atoms with E-state index in [1.165, 1.54) is 0 Å². The number of aliphatic hydroxyl groups is 1. The van der Waals surface area contributed by atoms with Gasteiger partial charge in [0.25, 0.3) is 0 Å². The molecule has 2 bridgehead atoms. The zero-order chi connectivity index (χ0) is 21.2. The van der Waals surface area contributed by atoms with E-state index in [0.717, 1.165) is 48.5 Å². The van der Waals surface area contributed by atoms with E-state index in [1.54, 1.807) is 6.07 Å². The topological polar surface area (TPSA) is 77.3 Å². The van der Waals surface area contributed by atoms with Gasteiger partial charge in [0.2, 0.25) is 0 Å². The summed E-state index contributed by atoms with van der Waals surface area (Å²) < 4.78 is 6.45. The van der Waals surface area contributed by atoms with Crippen LogP contribution in [0.2, 0.25) is 0 Å². The van der Waals surface area contributed by atoms with Gasteiger partial charge in [0.1, 0.15) is 0 Å². The van der Waals surface area contributed by atoms with E-state index < -0.39 is 17.1 Å². The minimum Gasteiger partial charge on any atom is -0.504 e. The molecule has 1 spiro atoms. The highest BCUT2D eigenvalue weighted by atomic mass is 16.5. The molecule has 0 unspecified atom stereocenters. The first-order chi connectivity index (χ1) is 15.1. The normalized spacial score (nSPS) is 34.2. The molecule has 31 heavy (non-hydrogen) atoms. The molecule has 2 aliphatic heterocycles. The molecule has 6 nitrogen and oxygen atoms in total. The van der Waals surface area contributed by atoms with Gasteiger partial charge in [-0.25, -0.2) is 0 Å². The van der Waals surface area contributed by atoms with Crippen LogP contribution in [0.3, 0.4) is 0 Å². The van der Waals surface area contributed by atoms with Gasteiger partial charge in [0, 0.05) is 24.7 Å². The average molecular weight is 418 g/mol. The van der Waals surface area contributed by atoms with Crippen LogP contribution in [-0.4, -0.2) is 51.7 Å². The van der Waals surface area contributed by atoms with Crippen LogP contribution in [0.4, 0.5) is 5.69 Å². The van der Waals surface area contributed by atoms with Gasteiger partial charge in [-0.1, -0.05) is 30.3 Å². The first-order valence-corrected chi connectivity index (χ1v) is 11.1. The highest BCUT2D eigenvalue weighted by molar-refractivity contribution is 5.95. The van der Waals surface area contributed by atoms with Crippen molar-refractivity contribution in [3.8, 4) is 11.5 Å². The second kappa shape index (κ2) is 6.58. The van der Waals surface area contributed by atoms with E-state index in [4.69, 9.17) is 9.84 Å². The molecule has 2 aliphatic carbocycles. The molecule has 0 amide bonds. The summed E-state index contributed by atoms with van der Waals surface area (Å²) in [6.07, 6.45) is 4.30. The maximum Gasteiger partial charge on any atom is 0.166 e. The van der Waals surface area contributed by atoms with Crippen molar-refractivity contribution in [3.63, 3.8) is 0 Å². The largest absolute Gasteiger partial charge is 0.504 e. The molecular weight excluding hydrogens is 390 g/mol. The van der Waals surface area contributed by atoms with Gasteiger partial charge >= 0.3 is 0 Å². The number of nitrogens with zero attached hydrogens (tertiary/aromatic N) is 2. The van der Waals surface area contributed by atoms with Crippen molar-refractivity contribution in [2.75, 3.05) is 18.5 Å². The molecule has 160 valence electrons. The Balaban J connectivity index is 1.49. The first kappa shape index (κ1) is 18.9. The molecule has 2 aromatic rings. The highest BCUT2D eigenvalue weighted by Crippen LogP contribution is 2.64. The van der Waals surface area contributed by atoms with Crippen molar-refractivity contribution >= 4 is 11.4 Å². The number of phenolic OH excluding ortho intramolecular Hbond substituents is 1. The lowest BCUT2D eigenvalue weighted by atomic mass is 9.49. The second-order valence-electron chi connectivity index (χ2n) is 9.18. The van der Waals surface area contributed by atoms with E-state index in [9.17, 15) is 10.2 Å². The van der Waals surface area contributed by atoms with Gasteiger partial charge in [0.05, 0.1) is 22.4 Å². The highest BCUT2D eigenvalue weighted by Gasteiger charge is 2.72. The summed E-state index contributed by atoms with van der Waals surface area (Å²) in [5, 5.41) is 27.7. The molecule has 2 aromatic carbocycles. The third-order valence-electron chi connectivity index (χ3n) is 7.85. The maximum absolute atomic E-state index is 12.3. The van der Waals surface area contributed by atoms with Crippen molar-refractivity contribution < 1.29 is 14.9 Å². The summed E-state index contributed by atoms with van der Waals surface area (Å²) >= 11 is 0. The lowest BCUT2D eigenvalue weighted by molar-refractivity contribution is -0.163. The van der Waals surface area contributed by atoms with Crippen LogP contribution >= 0.6 is 0 Å². The number of rotatable bonds is 4. The number of anilines is 1. The number of hydrogen-bond acceptors (Lipinski definition) is 6. The summed E-state index contributed by atoms with van der Waals surface area (Å²) in [4.78, 5) is 2.35. The smallest absolute Gasteiger partial charge is 0.166 e. The molecule has 4 atom stereocenters. The zero-order valence-electron chi connectivity index (χ0n) is 17.4. The summed E-state index contributed by atoms with van der Waals surface area (Å²) in [6.45, 7) is 5.53. The predicted octanol–water partition coefficient (Wildman–Crippen LogP) is 3.20. The van der Waals surface area contributed by atoms with Crippen molar-refractivity contribution in [2.24, 2.45) is 5.10 Å². The number of likely N-dealkylation sites (tertiary alicyclic amines) is 1. The van der Waals surface area contributed by atoms with Gasteiger partial charge in [-0.05, 0) is 49.4 Å². The minimum absolute atomic E-state index is 0.00280. The van der Waals surface area contributed by atoms with Crippen LogP contribution in [0.15, 0.2) is 60.2 Å². The Morgan fingerprint density at radius 3 is 2.87 bits per heavy atom. The average Bonchev–Trinajstić information content (AvgIpc) is 3.13. The van der Waals surface area contributed by atoms with Crippen LogP contribution in [0.5, 0.6) is 11.5 Å². The standard InChI is InChI=1S/C25H27N3O3/c1-2-13-28-14-12-24-21-16-8-9-19(29)22(21)31-23(24)18(10-11-25(24,30)20(28)15-16)27-26-17-6-4-3-5-7-17/h2-9,20,23,26,29-30H,1,10-15H2/b27-18-/t20-,23+,24+,25-/m1/s1. The minimum atomic E-state index is -0.934. The first-order valence-electron chi connectivity index (χ1n) is 11.1. The summed E-state index contributed by atoms with van der Waals surface area (Å²) in [6, 6.07) is 13.6. The lowest BCUT2D eigenvalue weighted by Crippen LogP contribution is -2.76. The zero-order valence-corrected chi connectivity index (χ0v) is 17.4. The van der Waals surface area contributed by atoms with Crippen molar-refractivity contribution in [1.29, 1.82) is 0 Å². The molecule has 3 N–H and O–H groups in total. The van der Waals surface area contributed by atoms with E-state index in [-0.39, 0.29) is 11.8 Å². The molecule has 0 aromatic heterocycles. The van der Waals surface area contributed by atoms with E-state index in [0.29, 0.717) is 18.6 Å². The van der Waals surface area contributed by atoms with Crippen LogP contribution in [-0.2, 0) is 11.8 Å². The Kier molecular flexibility index (Phi) is 4.01. The van der Waals surface area contributed by atoms with Gasteiger partial charge in [-0.3, -0.25) is 10.3 Å². The predicted molar refractivity (Wildman–Crippen MR) is 120 cm³/mol. The van der Waals surface area contributed by atoms with Gasteiger partial charge < -0.3 is 14.9 Å². The number of hydrazone groups is 1. The number of ether oxygens (including phenoxy) is 1. The molecule has 6 heteroatoms. The van der Waals surface area contributed by atoms with Crippen LogP contribution in [0, 0.1) is 0 Å². The fourth-order valence-corrected chi connectivity index (χ4v) is 6.58. The Labute approximate surface area is 181 Å². The molecule has 4 aliphatic rings. The molecule has 1 saturated carbocycles. The number of hydrogen-bond donors (Lipinski definition) is 3. The monoisotopic (exact) mass is 417 g/mol. The number of benzene rings is 2. The van der Waals surface area contributed by atoms with E-state index in [2.05, 4.69) is 16.9 Å². The van der Waals surface area contributed by atoms with Gasteiger partial charge in [-0.2, -0.15) is 5.10 Å². The number of phenols is 1. The number of nitrogens with one attached hydrogen (secondary N) is 1. The second-order valence-corrected chi connectivity index (χ2v) is 9.18. The van der Waals surface area contributed by atoms with Crippen molar-refractivity contribution in [3.05, 3.63) is 66.2 Å².